The minimum absolute atomic E-state index is 0.0154. The molecule has 128 valence electrons. The third kappa shape index (κ3) is 3.47. The summed E-state index contributed by atoms with van der Waals surface area (Å²) < 4.78 is 38.2. The molecule has 0 saturated heterocycles. The minimum atomic E-state index is -4.45. The molecule has 3 aromatic rings. The summed E-state index contributed by atoms with van der Waals surface area (Å²) in [4.78, 5) is 15.3. The Balaban J connectivity index is 1.90. The predicted octanol–water partition coefficient (Wildman–Crippen LogP) is 2.15. The topological polar surface area (TPSA) is 107 Å². The van der Waals surface area contributed by atoms with Gasteiger partial charge in [0.1, 0.15) is 5.52 Å². The van der Waals surface area contributed by atoms with Crippen LogP contribution in [0, 0.1) is 0 Å². The Bertz CT molecular complexity index is 944. The van der Waals surface area contributed by atoms with E-state index in [9.17, 15) is 18.0 Å². The molecular weight excluding hydrogens is 337 g/mol. The van der Waals surface area contributed by atoms with E-state index < -0.39 is 17.6 Å². The number of pyridine rings is 1. The SMILES string of the molecule is NC(=O)c1cccc2c(NCc3cc(C(F)(F)F)ccn3)nnnc12. The Morgan fingerprint density at radius 1 is 1.20 bits per heavy atom. The Hall–Kier alpha value is -3.30. The van der Waals surface area contributed by atoms with Crippen LogP contribution < -0.4 is 11.1 Å². The highest BCUT2D eigenvalue weighted by atomic mass is 19.4. The van der Waals surface area contributed by atoms with E-state index in [-0.39, 0.29) is 29.1 Å². The Labute approximate surface area is 139 Å². The molecule has 0 bridgehead atoms. The number of nitrogens with one attached hydrogen (secondary N) is 1. The molecule has 2 heterocycles. The van der Waals surface area contributed by atoms with Crippen molar-refractivity contribution in [3.05, 3.63) is 53.3 Å². The van der Waals surface area contributed by atoms with Crippen LogP contribution in [0.1, 0.15) is 21.6 Å². The van der Waals surface area contributed by atoms with E-state index in [2.05, 4.69) is 25.7 Å². The summed E-state index contributed by atoms with van der Waals surface area (Å²) in [5.41, 5.74) is 5.10. The Morgan fingerprint density at radius 2 is 2.00 bits per heavy atom. The van der Waals surface area contributed by atoms with Crippen LogP contribution in [0.5, 0.6) is 0 Å². The normalized spacial score (nSPS) is 11.5. The van der Waals surface area contributed by atoms with Gasteiger partial charge in [-0.3, -0.25) is 9.78 Å². The number of nitrogens with two attached hydrogens (primary N) is 1. The lowest BCUT2D eigenvalue weighted by atomic mass is 10.1. The number of amides is 1. The fourth-order valence-electron chi connectivity index (χ4n) is 2.26. The second-order valence-electron chi connectivity index (χ2n) is 5.09. The van der Waals surface area contributed by atoms with Crippen LogP contribution in [-0.2, 0) is 12.7 Å². The van der Waals surface area contributed by atoms with Gasteiger partial charge in [0.05, 0.1) is 23.4 Å². The maximum Gasteiger partial charge on any atom is 0.416 e. The highest BCUT2D eigenvalue weighted by molar-refractivity contribution is 6.06. The van der Waals surface area contributed by atoms with E-state index in [1.165, 1.54) is 6.07 Å². The zero-order valence-electron chi connectivity index (χ0n) is 12.6. The van der Waals surface area contributed by atoms with Crippen molar-refractivity contribution in [2.45, 2.75) is 12.7 Å². The molecule has 0 fully saturated rings. The Morgan fingerprint density at radius 3 is 2.72 bits per heavy atom. The zero-order valence-corrected chi connectivity index (χ0v) is 12.6. The van der Waals surface area contributed by atoms with E-state index in [1.807, 2.05) is 0 Å². The van der Waals surface area contributed by atoms with Gasteiger partial charge < -0.3 is 11.1 Å². The monoisotopic (exact) mass is 348 g/mol. The molecule has 0 saturated carbocycles. The number of fused-ring (bicyclic) bond motifs is 1. The number of rotatable bonds is 4. The van der Waals surface area contributed by atoms with Crippen LogP contribution in [0.2, 0.25) is 0 Å². The average molecular weight is 348 g/mol. The number of nitrogens with zero attached hydrogens (tertiary/aromatic N) is 4. The number of benzene rings is 1. The molecule has 0 atom stereocenters. The average Bonchev–Trinajstić information content (AvgIpc) is 2.58. The fourth-order valence-corrected chi connectivity index (χ4v) is 2.26. The molecule has 0 aliphatic carbocycles. The molecule has 10 heteroatoms. The van der Waals surface area contributed by atoms with Crippen LogP contribution in [0.15, 0.2) is 36.5 Å². The van der Waals surface area contributed by atoms with Crippen molar-refractivity contribution < 1.29 is 18.0 Å². The number of aromatic nitrogens is 4. The molecule has 7 nitrogen and oxygen atoms in total. The second-order valence-corrected chi connectivity index (χ2v) is 5.09. The maximum atomic E-state index is 12.7. The number of alkyl halides is 3. The van der Waals surface area contributed by atoms with Gasteiger partial charge in [0.25, 0.3) is 5.91 Å². The highest BCUT2D eigenvalue weighted by Gasteiger charge is 2.30. The van der Waals surface area contributed by atoms with Crippen LogP contribution in [0.3, 0.4) is 0 Å². The molecular formula is C15H11F3N6O. The largest absolute Gasteiger partial charge is 0.416 e. The maximum absolute atomic E-state index is 12.7. The number of halogens is 3. The smallest absolute Gasteiger partial charge is 0.366 e. The van der Waals surface area contributed by atoms with Gasteiger partial charge in [0.2, 0.25) is 0 Å². The number of carbonyl (C=O) groups is 1. The molecule has 0 radical (unpaired) electrons. The molecule has 3 rings (SSSR count). The van der Waals surface area contributed by atoms with Crippen molar-refractivity contribution in [1.29, 1.82) is 0 Å². The lowest BCUT2D eigenvalue weighted by Gasteiger charge is -2.10. The molecule has 0 aliphatic heterocycles. The summed E-state index contributed by atoms with van der Waals surface area (Å²) >= 11 is 0. The number of anilines is 1. The number of hydrogen-bond donors (Lipinski definition) is 2. The first-order chi connectivity index (χ1) is 11.9. The number of primary amides is 1. The molecule has 1 aromatic carbocycles. The van der Waals surface area contributed by atoms with Crippen LogP contribution in [-0.4, -0.2) is 26.3 Å². The molecule has 2 aromatic heterocycles. The van der Waals surface area contributed by atoms with Gasteiger partial charge in [-0.05, 0) is 29.5 Å². The van der Waals surface area contributed by atoms with Crippen molar-refractivity contribution in [2.75, 3.05) is 5.32 Å². The quantitative estimate of drug-likeness (QED) is 0.748. The summed E-state index contributed by atoms with van der Waals surface area (Å²) in [7, 11) is 0. The van der Waals surface area contributed by atoms with Gasteiger partial charge in [0, 0.05) is 11.6 Å². The second kappa shape index (κ2) is 6.30. The van der Waals surface area contributed by atoms with Crippen molar-refractivity contribution >= 4 is 22.6 Å². The lowest BCUT2D eigenvalue weighted by molar-refractivity contribution is -0.137. The predicted molar refractivity (Wildman–Crippen MR) is 82.4 cm³/mol. The van der Waals surface area contributed by atoms with Gasteiger partial charge in [-0.2, -0.15) is 13.2 Å². The van der Waals surface area contributed by atoms with Gasteiger partial charge in [0.15, 0.2) is 5.82 Å². The molecule has 0 spiro atoms. The van der Waals surface area contributed by atoms with Gasteiger partial charge >= 0.3 is 6.18 Å². The van der Waals surface area contributed by atoms with E-state index in [4.69, 9.17) is 5.73 Å². The van der Waals surface area contributed by atoms with E-state index >= 15 is 0 Å². The highest BCUT2D eigenvalue weighted by Crippen LogP contribution is 2.29. The molecule has 25 heavy (non-hydrogen) atoms. The van der Waals surface area contributed by atoms with Crippen molar-refractivity contribution in [3.8, 4) is 0 Å². The van der Waals surface area contributed by atoms with Crippen LogP contribution in [0.4, 0.5) is 19.0 Å². The molecule has 0 aliphatic rings. The summed E-state index contributed by atoms with van der Waals surface area (Å²) in [6.45, 7) is -0.0154. The van der Waals surface area contributed by atoms with Gasteiger partial charge in [-0.1, -0.05) is 6.07 Å². The summed E-state index contributed by atoms with van der Waals surface area (Å²) in [5, 5.41) is 14.5. The van der Waals surface area contributed by atoms with E-state index in [0.717, 1.165) is 18.3 Å². The third-order valence-electron chi connectivity index (χ3n) is 3.43. The molecule has 0 unspecified atom stereocenters. The van der Waals surface area contributed by atoms with Gasteiger partial charge in [-0.15, -0.1) is 10.2 Å². The standard InChI is InChI=1S/C15H11F3N6O/c16-15(17,18)8-4-5-20-9(6-8)7-21-14-11-3-1-2-10(13(19)25)12(11)22-24-23-14/h1-6H,7H2,(H2,19,25)(H,21,22,23). The van der Waals surface area contributed by atoms with Crippen LogP contribution in [0.25, 0.3) is 10.9 Å². The summed E-state index contributed by atoms with van der Waals surface area (Å²) in [6.07, 6.45) is -3.36. The summed E-state index contributed by atoms with van der Waals surface area (Å²) in [5.74, 6) is -0.413. The molecule has 1 amide bonds. The molecule has 3 N–H and O–H groups in total. The minimum Gasteiger partial charge on any atom is -0.366 e. The van der Waals surface area contributed by atoms with Crippen LogP contribution >= 0.6 is 0 Å². The lowest BCUT2D eigenvalue weighted by Crippen LogP contribution is -2.13. The van der Waals surface area contributed by atoms with Gasteiger partial charge in [-0.25, -0.2) is 0 Å². The van der Waals surface area contributed by atoms with Crippen molar-refractivity contribution in [2.24, 2.45) is 5.73 Å². The zero-order chi connectivity index (χ0) is 18.0. The van der Waals surface area contributed by atoms with E-state index in [0.29, 0.717) is 5.39 Å². The first kappa shape index (κ1) is 16.6. The first-order valence-corrected chi connectivity index (χ1v) is 7.04. The number of carbonyl (C=O) groups excluding carboxylic acids is 1. The van der Waals surface area contributed by atoms with Crippen molar-refractivity contribution in [3.63, 3.8) is 0 Å². The summed E-state index contributed by atoms with van der Waals surface area (Å²) in [6, 6.07) is 6.57. The fraction of sp³-hybridized carbons (Fsp3) is 0.133. The Kier molecular flexibility index (Phi) is 4.17. The van der Waals surface area contributed by atoms with E-state index in [1.54, 1.807) is 12.1 Å². The number of hydrogen-bond acceptors (Lipinski definition) is 6. The first-order valence-electron chi connectivity index (χ1n) is 7.04. The van der Waals surface area contributed by atoms with Crippen molar-refractivity contribution in [1.82, 2.24) is 20.4 Å². The third-order valence-corrected chi connectivity index (χ3v) is 3.43.